The molecule has 0 bridgehead atoms. The molecule has 0 unspecified atom stereocenters. The van der Waals surface area contributed by atoms with Crippen molar-refractivity contribution >= 4 is 184 Å². The van der Waals surface area contributed by atoms with Crippen molar-refractivity contribution in [2.24, 2.45) is 0 Å². The zero-order chi connectivity index (χ0) is 85.2. The maximum absolute atomic E-state index is 6.20. The van der Waals surface area contributed by atoms with Crippen LogP contribution < -0.4 is 0 Å². The maximum atomic E-state index is 6.20. The molecule has 9 nitrogen and oxygen atoms in total. The van der Waals surface area contributed by atoms with E-state index in [1.165, 1.54) is 113 Å². The summed E-state index contributed by atoms with van der Waals surface area (Å²) in [5.41, 5.74) is 25.3. The van der Waals surface area contributed by atoms with Crippen LogP contribution in [0.2, 0.25) is 0 Å². The van der Waals surface area contributed by atoms with Crippen LogP contribution in [0.4, 0.5) is 0 Å². The Bertz CT molecular complexity index is 8890. The average molecular weight is 1670 g/mol. The van der Waals surface area contributed by atoms with E-state index in [0.717, 1.165) is 138 Å². The lowest BCUT2D eigenvalue weighted by Crippen LogP contribution is -2.04. The molecule has 20 aromatic carbocycles. The van der Waals surface area contributed by atoms with E-state index >= 15 is 0 Å². The molecule has 0 radical (unpaired) electrons. The maximum Gasteiger partial charge on any atom is 0.235 e. The highest BCUT2D eigenvalue weighted by Gasteiger charge is 2.25. The van der Waals surface area contributed by atoms with E-state index in [-0.39, 0.29) is 0 Å². The zero-order valence-corrected chi connectivity index (χ0v) is 70.8. The van der Waals surface area contributed by atoms with Gasteiger partial charge in [0.25, 0.3) is 0 Å². The van der Waals surface area contributed by atoms with Crippen molar-refractivity contribution in [3.05, 3.63) is 437 Å². The first-order valence-corrected chi connectivity index (χ1v) is 44.9. The Morgan fingerprint density at radius 1 is 0.169 bits per heavy atom. The van der Waals surface area contributed by atoms with Crippen LogP contribution in [0.5, 0.6) is 0 Å². The topological polar surface area (TPSA) is 84.4 Å². The summed E-state index contributed by atoms with van der Waals surface area (Å²) >= 11 is 1.86. The smallest absolute Gasteiger partial charge is 0.235 e. The molecule has 0 spiro atoms. The Labute approximate surface area is 748 Å². The summed E-state index contributed by atoms with van der Waals surface area (Å²) in [4.78, 5) is 21.6. The minimum absolute atomic E-state index is 0.633. The van der Waals surface area contributed by atoms with Gasteiger partial charge in [0.05, 0.1) is 66.9 Å². The number of benzene rings is 20. The first-order valence-electron chi connectivity index (χ1n) is 44.1. The molecule has 0 atom stereocenters. The largest absolute Gasteiger partial charge is 0.456 e. The van der Waals surface area contributed by atoms with Gasteiger partial charge in [0.2, 0.25) is 11.9 Å². The highest BCUT2D eigenvalue weighted by molar-refractivity contribution is 7.25. The fraction of sp³-hybridized carbons (Fsp3) is 0. The minimum Gasteiger partial charge on any atom is -0.456 e. The molecule has 28 aromatic rings. The van der Waals surface area contributed by atoms with Crippen LogP contribution in [-0.2, 0) is 0 Å². The predicted molar refractivity (Wildman–Crippen MR) is 544 cm³/mol. The minimum atomic E-state index is 0.633. The molecule has 8 heterocycles. The number of fused-ring (bicyclic) bond motifs is 22. The second kappa shape index (κ2) is 29.2. The van der Waals surface area contributed by atoms with Gasteiger partial charge >= 0.3 is 0 Å². The summed E-state index contributed by atoms with van der Waals surface area (Å²) in [5, 5.41) is 23.9. The molecule has 0 fully saturated rings. The fourth-order valence-electron chi connectivity index (χ4n) is 20.4. The van der Waals surface area contributed by atoms with Crippen LogP contribution in [0.15, 0.2) is 441 Å². The number of nitrogens with zero attached hydrogens (tertiary/aromatic N) is 8. The van der Waals surface area contributed by atoms with E-state index in [2.05, 4.69) is 443 Å². The van der Waals surface area contributed by atoms with E-state index in [0.29, 0.717) is 11.9 Å². The van der Waals surface area contributed by atoms with E-state index in [1.54, 1.807) is 0 Å². The SMILES string of the molecule is c1ccc2cc(-c3cc(-c4ccc5ccccc5c4)nc(-n4c5ccccc5c5cc(-c6ccc7c(c6)c6ccccc6n7-c6ccc7oc8ccccc8c7c6)ccc54)n3)ccc2c1.c1ccc2cc(-c3cc(-c4ccc5ccccc5c4)nc(-n4c5ccccc5c5cc(-c6ccc7c(c6)c6ccccc6n7-c6ccc7sc8ccccc8c7c6)ccc54)n3)ccc2c1. The molecule has 0 aliphatic rings. The van der Waals surface area contributed by atoms with Crippen molar-refractivity contribution < 1.29 is 4.42 Å². The number of para-hydroxylation sites is 5. The fourth-order valence-corrected chi connectivity index (χ4v) is 21.4. The molecular formula is C120H72N8OS. The standard InChI is InChI=1S/C60H36N4O.C60H36N4S/c2*1-3-13-39-31-43(23-21-37(39)11-1)52-36-53(44-24-22-38-12-2-4-14-40(38)32-44)62-60(61-52)64-55-19-9-6-16-47(55)50-34-42(26-29-57(50)64)41-25-28-56-49(33-41)46-15-5-8-18-54(46)63(56)45-27-30-59-51(35-45)48-17-7-10-20-58(48)65-59/h2*1-36H. The molecule has 28 rings (SSSR count). The predicted octanol–water partition coefficient (Wildman–Crippen LogP) is 32.2. The van der Waals surface area contributed by atoms with Crippen molar-refractivity contribution in [3.8, 4) is 90.6 Å². The Hall–Kier alpha value is -17.2. The third kappa shape index (κ3) is 11.9. The van der Waals surface area contributed by atoms with Gasteiger partial charge in [-0.2, -0.15) is 0 Å². The zero-order valence-electron chi connectivity index (χ0n) is 70.0. The highest BCUT2D eigenvalue weighted by atomic mass is 32.1. The average Bonchev–Trinajstić information content (AvgIpc) is 1.58. The van der Waals surface area contributed by atoms with Crippen molar-refractivity contribution in [2.75, 3.05) is 0 Å². The Kier molecular flexibility index (Phi) is 16.4. The monoisotopic (exact) mass is 1670 g/mol. The highest BCUT2D eigenvalue weighted by Crippen LogP contribution is 2.46. The van der Waals surface area contributed by atoms with Crippen LogP contribution in [0.3, 0.4) is 0 Å². The van der Waals surface area contributed by atoms with Crippen molar-refractivity contribution in [1.29, 1.82) is 0 Å². The molecule has 0 N–H and O–H groups in total. The second-order valence-electron chi connectivity index (χ2n) is 34.0. The lowest BCUT2D eigenvalue weighted by Gasteiger charge is -2.13. The number of thiophene rings is 1. The Morgan fingerprint density at radius 2 is 0.454 bits per heavy atom. The number of aromatic nitrogens is 8. The summed E-state index contributed by atoms with van der Waals surface area (Å²) in [6, 6.07) is 157. The number of rotatable bonds is 10. The van der Waals surface area contributed by atoms with Crippen LogP contribution in [-0.4, -0.2) is 38.2 Å². The van der Waals surface area contributed by atoms with Crippen molar-refractivity contribution in [1.82, 2.24) is 38.2 Å². The lowest BCUT2D eigenvalue weighted by atomic mass is 10.0. The van der Waals surface area contributed by atoms with Crippen molar-refractivity contribution in [2.45, 2.75) is 0 Å². The molecule has 10 heteroatoms. The number of hydrogen-bond acceptors (Lipinski definition) is 6. The van der Waals surface area contributed by atoms with Gasteiger partial charge in [0, 0.05) is 108 Å². The summed E-state index contributed by atoms with van der Waals surface area (Å²) in [5.74, 6) is 1.27. The summed E-state index contributed by atoms with van der Waals surface area (Å²) in [7, 11) is 0. The Balaban J connectivity index is 0.000000134. The van der Waals surface area contributed by atoms with Gasteiger partial charge in [-0.1, -0.05) is 279 Å². The molecule has 130 heavy (non-hydrogen) atoms. The molecule has 604 valence electrons. The third-order valence-corrected chi connectivity index (χ3v) is 27.8. The van der Waals surface area contributed by atoms with E-state index in [1.807, 2.05) is 23.5 Å². The molecule has 0 aliphatic heterocycles. The van der Waals surface area contributed by atoms with E-state index in [9.17, 15) is 0 Å². The van der Waals surface area contributed by atoms with E-state index < -0.39 is 0 Å². The van der Waals surface area contributed by atoms with Gasteiger partial charge in [0.1, 0.15) is 11.2 Å². The molecule has 0 amide bonds. The first kappa shape index (κ1) is 73.2. The number of hydrogen-bond donors (Lipinski definition) is 0. The van der Waals surface area contributed by atoms with Crippen LogP contribution >= 0.6 is 11.3 Å². The first-order chi connectivity index (χ1) is 64.4. The van der Waals surface area contributed by atoms with Gasteiger partial charge in [-0.15, -0.1) is 11.3 Å². The van der Waals surface area contributed by atoms with Gasteiger partial charge in [0.15, 0.2) is 0 Å². The van der Waals surface area contributed by atoms with Gasteiger partial charge < -0.3 is 13.6 Å². The quantitative estimate of drug-likeness (QED) is 0.136. The molecule has 0 saturated heterocycles. The summed E-state index contributed by atoms with van der Waals surface area (Å²) in [6.07, 6.45) is 0. The van der Waals surface area contributed by atoms with Crippen LogP contribution in [0.25, 0.3) is 263 Å². The molecule has 0 saturated carbocycles. The Morgan fingerprint density at radius 3 is 0.854 bits per heavy atom. The second-order valence-corrected chi connectivity index (χ2v) is 35.1. The normalized spacial score (nSPS) is 12.0. The van der Waals surface area contributed by atoms with Crippen LogP contribution in [0, 0.1) is 0 Å². The van der Waals surface area contributed by atoms with Crippen LogP contribution in [0.1, 0.15) is 0 Å². The van der Waals surface area contributed by atoms with E-state index in [4.69, 9.17) is 24.4 Å². The van der Waals surface area contributed by atoms with Gasteiger partial charge in [-0.3, -0.25) is 9.13 Å². The van der Waals surface area contributed by atoms with Crippen molar-refractivity contribution in [3.63, 3.8) is 0 Å². The number of furan rings is 1. The summed E-state index contributed by atoms with van der Waals surface area (Å²) in [6.45, 7) is 0. The van der Waals surface area contributed by atoms with Gasteiger partial charge in [-0.25, -0.2) is 19.9 Å². The van der Waals surface area contributed by atoms with Gasteiger partial charge in [-0.05, 0) is 223 Å². The summed E-state index contributed by atoms with van der Waals surface area (Å²) < 4.78 is 18.1. The molecule has 0 aliphatic carbocycles. The molecule has 8 aromatic heterocycles. The third-order valence-electron chi connectivity index (χ3n) is 26.6. The lowest BCUT2D eigenvalue weighted by molar-refractivity contribution is 0.669. The molecular weight excluding hydrogens is 1600 g/mol.